The van der Waals surface area contributed by atoms with Crippen molar-refractivity contribution < 1.29 is 4.74 Å². The number of imidazole rings is 1. The molecule has 0 saturated heterocycles. The lowest BCUT2D eigenvalue weighted by Crippen LogP contribution is -1.95. The van der Waals surface area contributed by atoms with Gasteiger partial charge in [0.15, 0.2) is 0 Å². The Morgan fingerprint density at radius 2 is 2.27 bits per heavy atom. The first kappa shape index (κ1) is 10.2. The van der Waals surface area contributed by atoms with Crippen LogP contribution in [0.2, 0.25) is 0 Å². The molecule has 0 spiro atoms. The lowest BCUT2D eigenvalue weighted by molar-refractivity contribution is 0.201. The third kappa shape index (κ3) is 2.18. The molecular weight excluding hydrogens is 188 g/mol. The summed E-state index contributed by atoms with van der Waals surface area (Å²) in [5.74, 6) is 1.00. The number of nitrogens with one attached hydrogen (secondary N) is 1. The van der Waals surface area contributed by atoms with Gasteiger partial charge in [-0.3, -0.25) is 0 Å². The van der Waals surface area contributed by atoms with E-state index in [1.807, 2.05) is 0 Å². The van der Waals surface area contributed by atoms with Gasteiger partial charge in [0.05, 0.1) is 17.6 Å². The van der Waals surface area contributed by atoms with Crippen LogP contribution in [0.5, 0.6) is 0 Å². The minimum atomic E-state index is 0.709. The molecule has 0 radical (unpaired) electrons. The van der Waals surface area contributed by atoms with Gasteiger partial charge in [-0.2, -0.15) is 0 Å². The quantitative estimate of drug-likeness (QED) is 0.830. The van der Waals surface area contributed by atoms with Crippen molar-refractivity contribution >= 4 is 11.0 Å². The van der Waals surface area contributed by atoms with Gasteiger partial charge in [0.25, 0.3) is 0 Å². The number of hydrogen-bond donors (Lipinski definition) is 1. The minimum Gasteiger partial charge on any atom is -0.384 e. The summed E-state index contributed by atoms with van der Waals surface area (Å²) >= 11 is 0. The van der Waals surface area contributed by atoms with E-state index in [-0.39, 0.29) is 0 Å². The first-order valence-electron chi connectivity index (χ1n) is 5.30. The highest BCUT2D eigenvalue weighted by atomic mass is 16.5. The number of benzene rings is 1. The third-order valence-electron chi connectivity index (χ3n) is 2.55. The van der Waals surface area contributed by atoms with Gasteiger partial charge in [0.1, 0.15) is 5.82 Å². The van der Waals surface area contributed by atoms with Gasteiger partial charge in [-0.25, -0.2) is 4.98 Å². The highest BCUT2D eigenvalue weighted by Gasteiger charge is 2.02. The molecule has 2 aromatic rings. The molecule has 0 aliphatic rings. The van der Waals surface area contributed by atoms with Gasteiger partial charge in [0, 0.05) is 13.5 Å². The topological polar surface area (TPSA) is 37.9 Å². The van der Waals surface area contributed by atoms with E-state index in [0.717, 1.165) is 29.7 Å². The Hall–Kier alpha value is -1.35. The maximum Gasteiger partial charge on any atom is 0.109 e. The van der Waals surface area contributed by atoms with Crippen LogP contribution in [0.3, 0.4) is 0 Å². The van der Waals surface area contributed by atoms with E-state index in [2.05, 4.69) is 35.1 Å². The number of nitrogens with zero attached hydrogens (tertiary/aromatic N) is 1. The van der Waals surface area contributed by atoms with Crippen molar-refractivity contribution in [1.82, 2.24) is 9.97 Å². The van der Waals surface area contributed by atoms with E-state index in [0.29, 0.717) is 6.61 Å². The van der Waals surface area contributed by atoms with Crippen LogP contribution >= 0.6 is 0 Å². The Morgan fingerprint density at radius 1 is 1.40 bits per heavy atom. The van der Waals surface area contributed by atoms with Crippen molar-refractivity contribution in [3.05, 3.63) is 29.6 Å². The molecule has 2 rings (SSSR count). The molecule has 0 bridgehead atoms. The van der Waals surface area contributed by atoms with Crippen molar-refractivity contribution in [2.24, 2.45) is 0 Å². The highest BCUT2D eigenvalue weighted by Crippen LogP contribution is 2.14. The monoisotopic (exact) mass is 204 g/mol. The van der Waals surface area contributed by atoms with Crippen LogP contribution in [0.25, 0.3) is 11.0 Å². The predicted molar refractivity (Wildman–Crippen MR) is 61.1 cm³/mol. The molecule has 0 aliphatic heterocycles. The largest absolute Gasteiger partial charge is 0.384 e. The van der Waals surface area contributed by atoms with Crippen molar-refractivity contribution in [2.75, 3.05) is 13.7 Å². The Morgan fingerprint density at radius 3 is 3.00 bits per heavy atom. The smallest absolute Gasteiger partial charge is 0.109 e. The fraction of sp³-hybridized carbons (Fsp3) is 0.417. The number of hydrogen-bond acceptors (Lipinski definition) is 2. The van der Waals surface area contributed by atoms with Crippen molar-refractivity contribution in [3.63, 3.8) is 0 Å². The van der Waals surface area contributed by atoms with Crippen LogP contribution in [-0.2, 0) is 17.6 Å². The number of aryl methyl sites for hydroxylation is 1. The Kier molecular flexibility index (Phi) is 3.02. The summed E-state index contributed by atoms with van der Waals surface area (Å²) in [5, 5.41) is 0. The average Bonchev–Trinajstić information content (AvgIpc) is 2.67. The highest BCUT2D eigenvalue weighted by molar-refractivity contribution is 5.75. The van der Waals surface area contributed by atoms with E-state index in [1.165, 1.54) is 5.56 Å². The number of H-pyrrole nitrogens is 1. The zero-order valence-corrected chi connectivity index (χ0v) is 9.21. The van der Waals surface area contributed by atoms with Gasteiger partial charge < -0.3 is 9.72 Å². The number of fused-ring (bicyclic) bond motifs is 1. The van der Waals surface area contributed by atoms with Crippen LogP contribution in [-0.4, -0.2) is 23.7 Å². The predicted octanol–water partition coefficient (Wildman–Crippen LogP) is 2.31. The number of rotatable bonds is 4. The fourth-order valence-electron chi connectivity index (χ4n) is 1.65. The van der Waals surface area contributed by atoms with Crippen LogP contribution in [0.4, 0.5) is 0 Å². The number of aromatic nitrogens is 2. The molecule has 1 aromatic heterocycles. The molecule has 0 fully saturated rings. The number of aromatic amines is 1. The zero-order valence-electron chi connectivity index (χ0n) is 9.21. The molecule has 15 heavy (non-hydrogen) atoms. The van der Waals surface area contributed by atoms with Gasteiger partial charge >= 0.3 is 0 Å². The standard InChI is InChI=1S/C12H16N2O/c1-3-9-4-5-10-11(8-9)14-12(13-10)6-7-15-2/h4-5,8H,3,6-7H2,1-2H3,(H,13,14). The maximum atomic E-state index is 5.03. The average molecular weight is 204 g/mol. The summed E-state index contributed by atoms with van der Waals surface area (Å²) in [7, 11) is 1.71. The zero-order chi connectivity index (χ0) is 10.7. The van der Waals surface area contributed by atoms with Crippen LogP contribution < -0.4 is 0 Å². The lowest BCUT2D eigenvalue weighted by Gasteiger charge is -1.94. The first-order valence-corrected chi connectivity index (χ1v) is 5.30. The second kappa shape index (κ2) is 4.45. The van der Waals surface area contributed by atoms with E-state index in [1.54, 1.807) is 7.11 Å². The molecule has 3 nitrogen and oxygen atoms in total. The second-order valence-corrected chi connectivity index (χ2v) is 3.63. The number of ether oxygens (including phenoxy) is 1. The van der Waals surface area contributed by atoms with Crippen molar-refractivity contribution in [3.8, 4) is 0 Å². The fourth-order valence-corrected chi connectivity index (χ4v) is 1.65. The summed E-state index contributed by atoms with van der Waals surface area (Å²) in [4.78, 5) is 7.80. The van der Waals surface area contributed by atoms with Crippen LogP contribution in [0, 0.1) is 0 Å². The lowest BCUT2D eigenvalue weighted by atomic mass is 10.1. The molecule has 0 atom stereocenters. The Bertz CT molecular complexity index is 448. The molecule has 0 saturated carbocycles. The van der Waals surface area contributed by atoms with Gasteiger partial charge in [-0.1, -0.05) is 13.0 Å². The molecule has 1 heterocycles. The van der Waals surface area contributed by atoms with Gasteiger partial charge in [-0.05, 0) is 24.1 Å². The van der Waals surface area contributed by atoms with Crippen molar-refractivity contribution in [1.29, 1.82) is 0 Å². The maximum absolute atomic E-state index is 5.03. The summed E-state index contributed by atoms with van der Waals surface area (Å²) in [6.07, 6.45) is 1.90. The molecule has 0 unspecified atom stereocenters. The molecule has 80 valence electrons. The number of methoxy groups -OCH3 is 1. The summed E-state index contributed by atoms with van der Waals surface area (Å²) in [5.41, 5.74) is 3.50. The summed E-state index contributed by atoms with van der Waals surface area (Å²) < 4.78 is 5.03. The van der Waals surface area contributed by atoms with E-state index < -0.39 is 0 Å². The molecule has 1 aromatic carbocycles. The SMILES string of the molecule is CCc1ccc2nc(CCOC)[nH]c2c1. The first-order chi connectivity index (χ1) is 7.33. The van der Waals surface area contributed by atoms with Gasteiger partial charge in [-0.15, -0.1) is 0 Å². The van der Waals surface area contributed by atoms with Crippen LogP contribution in [0.15, 0.2) is 18.2 Å². The Labute approximate surface area is 89.5 Å². The van der Waals surface area contributed by atoms with E-state index in [4.69, 9.17) is 4.74 Å². The molecular formula is C12H16N2O. The third-order valence-corrected chi connectivity index (χ3v) is 2.55. The summed E-state index contributed by atoms with van der Waals surface area (Å²) in [6, 6.07) is 6.36. The normalized spacial score (nSPS) is 11.1. The summed E-state index contributed by atoms with van der Waals surface area (Å²) in [6.45, 7) is 2.86. The van der Waals surface area contributed by atoms with E-state index in [9.17, 15) is 0 Å². The molecule has 0 amide bonds. The molecule has 0 aliphatic carbocycles. The van der Waals surface area contributed by atoms with Crippen molar-refractivity contribution in [2.45, 2.75) is 19.8 Å². The minimum absolute atomic E-state index is 0.709. The molecule has 1 N–H and O–H groups in total. The van der Waals surface area contributed by atoms with Crippen LogP contribution in [0.1, 0.15) is 18.3 Å². The Balaban J connectivity index is 2.29. The molecule has 3 heteroatoms. The second-order valence-electron chi connectivity index (χ2n) is 3.63. The van der Waals surface area contributed by atoms with Gasteiger partial charge in [0.2, 0.25) is 0 Å². The van der Waals surface area contributed by atoms with E-state index >= 15 is 0 Å².